The van der Waals surface area contributed by atoms with Crippen LogP contribution >= 0.6 is 0 Å². The molecule has 0 saturated heterocycles. The molecule has 28 heavy (non-hydrogen) atoms. The molecule has 0 amide bonds. The molecule has 2 heteroatoms. The van der Waals surface area contributed by atoms with Gasteiger partial charge < -0.3 is 9.47 Å². The molecule has 0 aliphatic heterocycles. The van der Waals surface area contributed by atoms with E-state index in [0.717, 1.165) is 31.5 Å². The Morgan fingerprint density at radius 3 is 1.04 bits per heavy atom. The predicted molar refractivity (Wildman–Crippen MR) is 125 cm³/mol. The average molecular weight is 399 g/mol. The summed E-state index contributed by atoms with van der Waals surface area (Å²) in [6, 6.07) is 0. The molecule has 0 aliphatic carbocycles. The van der Waals surface area contributed by atoms with Gasteiger partial charge in [-0.05, 0) is 67.1 Å². The van der Waals surface area contributed by atoms with Crippen LogP contribution in [-0.2, 0) is 9.47 Å². The van der Waals surface area contributed by atoms with Crippen molar-refractivity contribution < 1.29 is 9.47 Å². The minimum Gasteiger partial charge on any atom is -0.352 e. The summed E-state index contributed by atoms with van der Waals surface area (Å²) in [6.07, 6.45) is 7.24. The van der Waals surface area contributed by atoms with Crippen molar-refractivity contribution in [1.82, 2.24) is 0 Å². The van der Waals surface area contributed by atoms with Crippen molar-refractivity contribution in [2.45, 2.75) is 114 Å². The second-order valence-corrected chi connectivity index (χ2v) is 11.0. The van der Waals surface area contributed by atoms with E-state index in [2.05, 4.69) is 69.2 Å². The van der Waals surface area contributed by atoms with Gasteiger partial charge in [0.1, 0.15) is 0 Å². The van der Waals surface area contributed by atoms with Gasteiger partial charge >= 0.3 is 0 Å². The Morgan fingerprint density at radius 2 is 0.750 bits per heavy atom. The van der Waals surface area contributed by atoms with E-state index in [4.69, 9.17) is 9.47 Å². The molecule has 0 radical (unpaired) electrons. The molecule has 0 spiro atoms. The summed E-state index contributed by atoms with van der Waals surface area (Å²) in [5.74, 6) is 4.82. The average Bonchev–Trinajstić information content (AvgIpc) is 2.57. The molecule has 0 rings (SSSR count). The quantitative estimate of drug-likeness (QED) is 0.230. The van der Waals surface area contributed by atoms with Crippen molar-refractivity contribution in [2.75, 3.05) is 13.2 Å². The van der Waals surface area contributed by atoms with Crippen LogP contribution in [0.5, 0.6) is 0 Å². The summed E-state index contributed by atoms with van der Waals surface area (Å²) in [6.45, 7) is 24.8. The van der Waals surface area contributed by atoms with Gasteiger partial charge in [-0.2, -0.15) is 0 Å². The molecule has 2 unspecified atom stereocenters. The third-order valence-corrected chi connectivity index (χ3v) is 6.09. The largest absolute Gasteiger partial charge is 0.352 e. The maximum Gasteiger partial charge on any atom is 0.157 e. The molecule has 0 aliphatic rings. The van der Waals surface area contributed by atoms with E-state index in [1.54, 1.807) is 0 Å². The van der Waals surface area contributed by atoms with E-state index in [9.17, 15) is 0 Å². The third-order valence-electron chi connectivity index (χ3n) is 6.09. The summed E-state index contributed by atoms with van der Waals surface area (Å²) in [5, 5.41) is 0. The fourth-order valence-corrected chi connectivity index (χ4v) is 3.46. The Kier molecular flexibility index (Phi) is 15.7. The van der Waals surface area contributed by atoms with Crippen LogP contribution in [-0.4, -0.2) is 19.5 Å². The zero-order valence-corrected chi connectivity index (χ0v) is 21.1. The number of rotatable bonds is 17. The topological polar surface area (TPSA) is 18.5 Å². The Bertz CT molecular complexity index is 318. The van der Waals surface area contributed by atoms with Gasteiger partial charge in [-0.15, -0.1) is 0 Å². The van der Waals surface area contributed by atoms with E-state index in [-0.39, 0.29) is 6.29 Å². The molecule has 170 valence electrons. The highest BCUT2D eigenvalue weighted by molar-refractivity contribution is 4.67. The van der Waals surface area contributed by atoms with Gasteiger partial charge in [0.2, 0.25) is 0 Å². The lowest BCUT2D eigenvalue weighted by molar-refractivity contribution is -0.167. The van der Waals surface area contributed by atoms with Crippen molar-refractivity contribution in [3.8, 4) is 0 Å². The number of hydrogen-bond acceptors (Lipinski definition) is 2. The van der Waals surface area contributed by atoms with Gasteiger partial charge in [-0.25, -0.2) is 0 Å². The lowest BCUT2D eigenvalue weighted by Gasteiger charge is -2.28. The minimum atomic E-state index is -0.0389. The maximum atomic E-state index is 6.38. The first kappa shape index (κ1) is 27.9. The molecule has 0 bridgehead atoms. The maximum absolute atomic E-state index is 6.38. The van der Waals surface area contributed by atoms with Crippen LogP contribution in [0.2, 0.25) is 0 Å². The molecule has 0 aromatic carbocycles. The van der Waals surface area contributed by atoms with Crippen LogP contribution in [0.25, 0.3) is 0 Å². The highest BCUT2D eigenvalue weighted by atomic mass is 16.7. The van der Waals surface area contributed by atoms with E-state index in [1.807, 2.05) is 0 Å². The van der Waals surface area contributed by atoms with Crippen molar-refractivity contribution in [3.05, 3.63) is 0 Å². The molecule has 0 fully saturated rings. The Hall–Kier alpha value is -0.0800. The van der Waals surface area contributed by atoms with E-state index < -0.39 is 0 Å². The summed E-state index contributed by atoms with van der Waals surface area (Å²) in [7, 11) is 0. The lowest BCUT2D eigenvalue weighted by atomic mass is 9.89. The normalized spacial score (nSPS) is 16.0. The van der Waals surface area contributed by atoms with Crippen LogP contribution < -0.4 is 0 Å². The third kappa shape index (κ3) is 14.9. The van der Waals surface area contributed by atoms with Crippen molar-refractivity contribution in [3.63, 3.8) is 0 Å². The van der Waals surface area contributed by atoms with E-state index in [0.29, 0.717) is 29.6 Å². The fourth-order valence-electron chi connectivity index (χ4n) is 3.46. The monoisotopic (exact) mass is 398 g/mol. The molecule has 2 nitrogen and oxygen atoms in total. The summed E-state index contributed by atoms with van der Waals surface area (Å²) in [4.78, 5) is 0. The van der Waals surface area contributed by atoms with Crippen LogP contribution in [0.1, 0.15) is 108 Å². The van der Waals surface area contributed by atoms with Crippen molar-refractivity contribution in [2.24, 2.45) is 41.4 Å². The van der Waals surface area contributed by atoms with Gasteiger partial charge in [-0.1, -0.05) is 82.1 Å². The minimum absolute atomic E-state index is 0.0389. The van der Waals surface area contributed by atoms with Gasteiger partial charge in [0.05, 0.1) is 13.2 Å². The van der Waals surface area contributed by atoms with Gasteiger partial charge in [0.15, 0.2) is 6.29 Å². The van der Waals surface area contributed by atoms with Crippen LogP contribution in [0.15, 0.2) is 0 Å². The zero-order chi connectivity index (χ0) is 21.7. The highest BCUT2D eigenvalue weighted by Gasteiger charge is 2.21. The fraction of sp³-hybridized carbons (Fsp3) is 1.00. The smallest absolute Gasteiger partial charge is 0.157 e. The molecule has 0 aromatic heterocycles. The van der Waals surface area contributed by atoms with E-state index in [1.165, 1.54) is 32.1 Å². The highest BCUT2D eigenvalue weighted by Crippen LogP contribution is 2.24. The molecule has 2 atom stereocenters. The SMILES string of the molecule is CC(C)CCC(OCC(CCC(C)C)C(C)C)OCC(CCC(C)C)C(C)C. The van der Waals surface area contributed by atoms with E-state index >= 15 is 0 Å². The second kappa shape index (κ2) is 15.7. The van der Waals surface area contributed by atoms with Crippen LogP contribution in [0.3, 0.4) is 0 Å². The molecule has 0 saturated carbocycles. The predicted octanol–water partition coefficient (Wildman–Crippen LogP) is 8.20. The summed E-state index contributed by atoms with van der Waals surface area (Å²) < 4.78 is 12.8. The first-order chi connectivity index (χ1) is 13.0. The first-order valence-corrected chi connectivity index (χ1v) is 12.3. The molecule has 0 heterocycles. The first-order valence-electron chi connectivity index (χ1n) is 12.3. The zero-order valence-electron chi connectivity index (χ0n) is 21.1. The second-order valence-electron chi connectivity index (χ2n) is 11.0. The van der Waals surface area contributed by atoms with Gasteiger partial charge in [-0.3, -0.25) is 0 Å². The van der Waals surface area contributed by atoms with Crippen LogP contribution in [0, 0.1) is 41.4 Å². The summed E-state index contributed by atoms with van der Waals surface area (Å²) in [5.41, 5.74) is 0. The van der Waals surface area contributed by atoms with Crippen LogP contribution in [0.4, 0.5) is 0 Å². The number of ether oxygens (including phenoxy) is 2. The van der Waals surface area contributed by atoms with Gasteiger partial charge in [0.25, 0.3) is 0 Å². The van der Waals surface area contributed by atoms with Crippen molar-refractivity contribution >= 4 is 0 Å². The summed E-state index contributed by atoms with van der Waals surface area (Å²) >= 11 is 0. The standard InChI is InChI=1S/C26H54O2/c1-19(2)11-14-24(22(7)8)17-27-26(16-13-21(5)6)28-18-25(23(9)10)15-12-20(3)4/h19-26H,11-18H2,1-10H3. The molecule has 0 aromatic rings. The Morgan fingerprint density at radius 1 is 0.429 bits per heavy atom. The molecule has 0 N–H and O–H groups in total. The van der Waals surface area contributed by atoms with Gasteiger partial charge in [0, 0.05) is 0 Å². The number of hydrogen-bond donors (Lipinski definition) is 0. The Balaban J connectivity index is 4.72. The Labute approximate surface area is 178 Å². The molecular formula is C26H54O2. The lowest BCUT2D eigenvalue weighted by Crippen LogP contribution is -2.27. The molecular weight excluding hydrogens is 344 g/mol. The van der Waals surface area contributed by atoms with Crippen molar-refractivity contribution in [1.29, 1.82) is 0 Å².